The second kappa shape index (κ2) is 6.71. The van der Waals surface area contributed by atoms with Gasteiger partial charge >= 0.3 is 0 Å². The number of aliphatic hydroxyl groups excluding tert-OH is 1. The largest absolute Gasteiger partial charge is 0.497 e. The lowest BCUT2D eigenvalue weighted by Crippen LogP contribution is -2.23. The van der Waals surface area contributed by atoms with E-state index in [1.54, 1.807) is 18.9 Å². The summed E-state index contributed by atoms with van der Waals surface area (Å²) in [5.41, 5.74) is 5.78. The quantitative estimate of drug-likeness (QED) is 0.723. The van der Waals surface area contributed by atoms with Gasteiger partial charge in [0.1, 0.15) is 5.75 Å². The Hall–Kier alpha value is -0.710. The average Bonchev–Trinajstić information content (AvgIpc) is 2.27. The molecule has 0 heterocycles. The van der Waals surface area contributed by atoms with Crippen LogP contribution in [-0.2, 0) is 0 Å². The summed E-state index contributed by atoms with van der Waals surface area (Å²) in [7, 11) is 1.65. The number of aliphatic hydroxyl groups is 1. The van der Waals surface area contributed by atoms with E-state index in [4.69, 9.17) is 15.6 Å². The van der Waals surface area contributed by atoms with Crippen LogP contribution < -0.4 is 10.5 Å². The highest BCUT2D eigenvalue weighted by molar-refractivity contribution is 7.99. The molecule has 1 rings (SSSR count). The van der Waals surface area contributed by atoms with Crippen LogP contribution in [0.3, 0.4) is 0 Å². The van der Waals surface area contributed by atoms with Gasteiger partial charge in [0.15, 0.2) is 0 Å². The van der Waals surface area contributed by atoms with Crippen molar-refractivity contribution in [3.63, 3.8) is 0 Å². The predicted octanol–water partition coefficient (Wildman–Crippen LogP) is 1.50. The summed E-state index contributed by atoms with van der Waals surface area (Å²) in [5.74, 6) is 1.69. The lowest BCUT2D eigenvalue weighted by atomic mass is 10.3. The Morgan fingerprint density at radius 2 is 2.07 bits per heavy atom. The number of ether oxygens (including phenoxy) is 1. The van der Waals surface area contributed by atoms with E-state index >= 15 is 0 Å². The van der Waals surface area contributed by atoms with Crippen molar-refractivity contribution in [2.45, 2.75) is 17.4 Å². The van der Waals surface area contributed by atoms with E-state index in [-0.39, 0.29) is 12.6 Å². The van der Waals surface area contributed by atoms with Crippen LogP contribution in [0.1, 0.15) is 6.42 Å². The van der Waals surface area contributed by atoms with Gasteiger partial charge in [-0.3, -0.25) is 0 Å². The standard InChI is InChI=1S/C11H17NO2S/c1-14-10-2-4-11(5-3-10)15-8-9(12)6-7-13/h2-5,9,13H,6-8,12H2,1H3. The second-order valence-electron chi connectivity index (χ2n) is 3.26. The lowest BCUT2D eigenvalue weighted by Gasteiger charge is -2.09. The van der Waals surface area contributed by atoms with Crippen LogP contribution in [0.15, 0.2) is 29.2 Å². The van der Waals surface area contributed by atoms with Gasteiger partial charge < -0.3 is 15.6 Å². The molecule has 0 saturated carbocycles. The molecule has 0 bridgehead atoms. The molecule has 1 aromatic rings. The molecule has 0 fully saturated rings. The van der Waals surface area contributed by atoms with Crippen LogP contribution in [0.4, 0.5) is 0 Å². The highest BCUT2D eigenvalue weighted by Gasteiger charge is 2.02. The zero-order chi connectivity index (χ0) is 11.1. The monoisotopic (exact) mass is 227 g/mol. The molecule has 3 N–H and O–H groups in total. The zero-order valence-electron chi connectivity index (χ0n) is 8.85. The maximum Gasteiger partial charge on any atom is 0.118 e. The van der Waals surface area contributed by atoms with Crippen LogP contribution in [0, 0.1) is 0 Å². The normalized spacial score (nSPS) is 12.5. The Morgan fingerprint density at radius 3 is 2.60 bits per heavy atom. The SMILES string of the molecule is COc1ccc(SCC(N)CCO)cc1. The fraction of sp³-hybridized carbons (Fsp3) is 0.455. The van der Waals surface area contributed by atoms with Crippen molar-refractivity contribution < 1.29 is 9.84 Å². The Labute approximate surface area is 94.6 Å². The average molecular weight is 227 g/mol. The smallest absolute Gasteiger partial charge is 0.118 e. The van der Waals surface area contributed by atoms with Crippen molar-refractivity contribution in [1.82, 2.24) is 0 Å². The fourth-order valence-electron chi connectivity index (χ4n) is 1.12. The van der Waals surface area contributed by atoms with Crippen LogP contribution in [-0.4, -0.2) is 30.6 Å². The molecule has 0 aliphatic heterocycles. The van der Waals surface area contributed by atoms with E-state index in [1.165, 1.54) is 4.90 Å². The van der Waals surface area contributed by atoms with Gasteiger partial charge in [0.2, 0.25) is 0 Å². The van der Waals surface area contributed by atoms with Crippen molar-refractivity contribution in [2.24, 2.45) is 5.73 Å². The number of hydrogen-bond donors (Lipinski definition) is 2. The van der Waals surface area contributed by atoms with Crippen molar-refractivity contribution >= 4 is 11.8 Å². The topological polar surface area (TPSA) is 55.5 Å². The number of benzene rings is 1. The van der Waals surface area contributed by atoms with E-state index in [1.807, 2.05) is 24.3 Å². The summed E-state index contributed by atoms with van der Waals surface area (Å²) in [4.78, 5) is 1.17. The summed E-state index contributed by atoms with van der Waals surface area (Å²) in [6, 6.07) is 7.94. The van der Waals surface area contributed by atoms with Gasteiger partial charge in [0.25, 0.3) is 0 Å². The van der Waals surface area contributed by atoms with Gasteiger partial charge in [0, 0.05) is 23.3 Å². The van der Waals surface area contributed by atoms with Crippen molar-refractivity contribution in [2.75, 3.05) is 19.5 Å². The van der Waals surface area contributed by atoms with Crippen molar-refractivity contribution in [3.05, 3.63) is 24.3 Å². The third kappa shape index (κ3) is 4.55. The molecule has 3 nitrogen and oxygen atoms in total. The van der Waals surface area contributed by atoms with Crippen LogP contribution >= 0.6 is 11.8 Å². The third-order valence-electron chi connectivity index (χ3n) is 2.02. The Kier molecular flexibility index (Phi) is 5.53. The number of thioether (sulfide) groups is 1. The van der Waals surface area contributed by atoms with Gasteiger partial charge in [-0.25, -0.2) is 0 Å². The first-order valence-electron chi connectivity index (χ1n) is 4.89. The Balaban J connectivity index is 2.37. The highest BCUT2D eigenvalue weighted by atomic mass is 32.2. The molecule has 0 aliphatic rings. The van der Waals surface area contributed by atoms with E-state index < -0.39 is 0 Å². The number of methoxy groups -OCH3 is 1. The molecule has 1 unspecified atom stereocenters. The van der Waals surface area contributed by atoms with E-state index in [2.05, 4.69) is 0 Å². The minimum absolute atomic E-state index is 0.0575. The zero-order valence-corrected chi connectivity index (χ0v) is 9.67. The first-order chi connectivity index (χ1) is 7.26. The summed E-state index contributed by atoms with van der Waals surface area (Å²) < 4.78 is 5.07. The summed E-state index contributed by atoms with van der Waals surface area (Å²) in [6.07, 6.45) is 0.656. The van der Waals surface area contributed by atoms with Crippen molar-refractivity contribution in [3.8, 4) is 5.75 Å². The molecular weight excluding hydrogens is 210 g/mol. The summed E-state index contributed by atoms with van der Waals surface area (Å²) >= 11 is 1.70. The number of nitrogens with two attached hydrogens (primary N) is 1. The molecule has 0 spiro atoms. The molecule has 15 heavy (non-hydrogen) atoms. The van der Waals surface area contributed by atoms with E-state index in [0.717, 1.165) is 11.5 Å². The fourth-order valence-corrected chi connectivity index (χ4v) is 2.03. The number of rotatable bonds is 6. The first-order valence-corrected chi connectivity index (χ1v) is 5.88. The van der Waals surface area contributed by atoms with E-state index in [0.29, 0.717) is 6.42 Å². The van der Waals surface area contributed by atoms with Crippen LogP contribution in [0.25, 0.3) is 0 Å². The molecule has 4 heteroatoms. The van der Waals surface area contributed by atoms with Gasteiger partial charge in [-0.15, -0.1) is 11.8 Å². The summed E-state index contributed by atoms with van der Waals surface area (Å²) in [5, 5.41) is 8.70. The van der Waals surface area contributed by atoms with Gasteiger partial charge in [-0.1, -0.05) is 0 Å². The maximum atomic E-state index is 8.70. The molecule has 0 aromatic heterocycles. The summed E-state index contributed by atoms with van der Waals surface area (Å²) in [6.45, 7) is 0.157. The molecule has 0 aliphatic carbocycles. The molecule has 1 aromatic carbocycles. The van der Waals surface area contributed by atoms with Gasteiger partial charge in [0.05, 0.1) is 7.11 Å². The second-order valence-corrected chi connectivity index (χ2v) is 4.35. The molecule has 84 valence electrons. The number of hydrogen-bond acceptors (Lipinski definition) is 4. The van der Waals surface area contributed by atoms with Gasteiger partial charge in [-0.05, 0) is 30.7 Å². The van der Waals surface area contributed by atoms with E-state index in [9.17, 15) is 0 Å². The predicted molar refractivity (Wildman–Crippen MR) is 63.4 cm³/mol. The van der Waals surface area contributed by atoms with Crippen LogP contribution in [0.5, 0.6) is 5.75 Å². The minimum atomic E-state index is 0.0575. The molecular formula is C11H17NO2S. The first kappa shape index (κ1) is 12.4. The molecule has 0 radical (unpaired) electrons. The lowest BCUT2D eigenvalue weighted by molar-refractivity contribution is 0.279. The highest BCUT2D eigenvalue weighted by Crippen LogP contribution is 2.21. The Morgan fingerprint density at radius 1 is 1.40 bits per heavy atom. The molecule has 1 atom stereocenters. The van der Waals surface area contributed by atoms with Gasteiger partial charge in [-0.2, -0.15) is 0 Å². The Bertz CT molecular complexity index is 276. The van der Waals surface area contributed by atoms with Crippen molar-refractivity contribution in [1.29, 1.82) is 0 Å². The third-order valence-corrected chi connectivity index (χ3v) is 3.22. The molecule has 0 saturated heterocycles. The minimum Gasteiger partial charge on any atom is -0.497 e. The van der Waals surface area contributed by atoms with Crippen LogP contribution in [0.2, 0.25) is 0 Å². The maximum absolute atomic E-state index is 8.70. The molecule has 0 amide bonds.